The minimum Gasteiger partial charge on any atom is -0.490 e. The van der Waals surface area contributed by atoms with E-state index in [0.717, 1.165) is 42.6 Å². The van der Waals surface area contributed by atoms with E-state index >= 15 is 0 Å². The molecule has 0 saturated heterocycles. The maximum Gasteiger partial charge on any atom is 0.252 e. The molecule has 1 amide bonds. The van der Waals surface area contributed by atoms with Crippen molar-refractivity contribution >= 4 is 16.7 Å². The number of nitrogens with one attached hydrogen (secondary N) is 1. The summed E-state index contributed by atoms with van der Waals surface area (Å²) in [7, 11) is 0. The largest absolute Gasteiger partial charge is 0.490 e. The van der Waals surface area contributed by atoms with E-state index in [0.29, 0.717) is 0 Å². The molecule has 0 radical (unpaired) electrons. The van der Waals surface area contributed by atoms with Gasteiger partial charge in [-0.05, 0) is 79.5 Å². The van der Waals surface area contributed by atoms with Crippen molar-refractivity contribution in [3.05, 3.63) is 77.4 Å². The Labute approximate surface area is 178 Å². The first kappa shape index (κ1) is 19.2. The van der Waals surface area contributed by atoms with E-state index in [1.54, 1.807) is 0 Å². The van der Waals surface area contributed by atoms with Gasteiger partial charge in [0.15, 0.2) is 0 Å². The summed E-state index contributed by atoms with van der Waals surface area (Å²) >= 11 is 0. The fourth-order valence-corrected chi connectivity index (χ4v) is 4.81. The Bertz CT molecular complexity index is 1070. The number of benzene rings is 3. The highest BCUT2D eigenvalue weighted by Crippen LogP contribution is 2.48. The lowest BCUT2D eigenvalue weighted by molar-refractivity contribution is 0.0929. The van der Waals surface area contributed by atoms with E-state index in [1.165, 1.54) is 35.6 Å². The van der Waals surface area contributed by atoms with E-state index in [4.69, 9.17) is 4.74 Å². The van der Waals surface area contributed by atoms with Crippen LogP contribution in [0.15, 0.2) is 60.7 Å². The van der Waals surface area contributed by atoms with Crippen LogP contribution in [0.2, 0.25) is 0 Å². The van der Waals surface area contributed by atoms with E-state index < -0.39 is 0 Å². The van der Waals surface area contributed by atoms with Crippen LogP contribution in [0.4, 0.5) is 0 Å². The highest BCUT2D eigenvalue weighted by Gasteiger charge is 2.46. The van der Waals surface area contributed by atoms with Crippen molar-refractivity contribution in [2.45, 2.75) is 63.5 Å². The van der Waals surface area contributed by atoms with Gasteiger partial charge in [-0.3, -0.25) is 4.79 Å². The van der Waals surface area contributed by atoms with Gasteiger partial charge in [0, 0.05) is 5.56 Å². The summed E-state index contributed by atoms with van der Waals surface area (Å²) in [4.78, 5) is 13.3. The summed E-state index contributed by atoms with van der Waals surface area (Å²) in [6, 6.07) is 20.7. The zero-order chi connectivity index (χ0) is 20.6. The molecule has 5 rings (SSSR count). The lowest BCUT2D eigenvalue weighted by atomic mass is 9.96. The Balaban J connectivity index is 1.39. The molecule has 3 heteroatoms. The van der Waals surface area contributed by atoms with Gasteiger partial charge in [-0.2, -0.15) is 0 Å². The third kappa shape index (κ3) is 3.69. The van der Waals surface area contributed by atoms with Crippen molar-refractivity contribution in [3.8, 4) is 5.75 Å². The first-order chi connectivity index (χ1) is 14.6. The van der Waals surface area contributed by atoms with Crippen LogP contribution in [-0.2, 0) is 5.54 Å². The van der Waals surface area contributed by atoms with Gasteiger partial charge < -0.3 is 10.1 Å². The molecule has 3 nitrogen and oxygen atoms in total. The minimum absolute atomic E-state index is 0.00738. The Morgan fingerprint density at radius 1 is 0.967 bits per heavy atom. The summed E-state index contributed by atoms with van der Waals surface area (Å²) < 4.78 is 6.21. The highest BCUT2D eigenvalue weighted by atomic mass is 16.5. The molecule has 3 aromatic rings. The number of ether oxygens (including phenoxy) is 1. The monoisotopic (exact) mass is 399 g/mol. The van der Waals surface area contributed by atoms with E-state index in [1.807, 2.05) is 25.1 Å². The molecule has 0 aromatic heterocycles. The molecule has 30 heavy (non-hydrogen) atoms. The zero-order valence-corrected chi connectivity index (χ0v) is 17.6. The van der Waals surface area contributed by atoms with Gasteiger partial charge in [0.25, 0.3) is 5.91 Å². The highest BCUT2D eigenvalue weighted by molar-refractivity contribution is 5.97. The molecule has 154 valence electrons. The molecule has 0 heterocycles. The number of carbonyl (C=O) groups is 1. The maximum absolute atomic E-state index is 13.3. The predicted molar refractivity (Wildman–Crippen MR) is 121 cm³/mol. The molecule has 2 aliphatic carbocycles. The van der Waals surface area contributed by atoms with Gasteiger partial charge in [-0.1, -0.05) is 55.0 Å². The summed E-state index contributed by atoms with van der Waals surface area (Å²) in [6.45, 7) is 2.00. The van der Waals surface area contributed by atoms with Crippen LogP contribution in [-0.4, -0.2) is 12.0 Å². The third-order valence-electron chi connectivity index (χ3n) is 6.72. The number of aryl methyl sites for hydroxylation is 1. The topological polar surface area (TPSA) is 38.3 Å². The fraction of sp³-hybridized carbons (Fsp3) is 0.370. The van der Waals surface area contributed by atoms with Crippen LogP contribution in [0, 0.1) is 6.92 Å². The Kier molecular flexibility index (Phi) is 4.98. The Morgan fingerprint density at radius 2 is 1.73 bits per heavy atom. The van der Waals surface area contributed by atoms with Gasteiger partial charge in [-0.15, -0.1) is 0 Å². The van der Waals surface area contributed by atoms with Gasteiger partial charge in [0.2, 0.25) is 0 Å². The van der Waals surface area contributed by atoms with Crippen molar-refractivity contribution in [2.75, 3.05) is 0 Å². The number of amides is 1. The van der Waals surface area contributed by atoms with E-state index in [9.17, 15) is 4.79 Å². The Hall–Kier alpha value is -2.81. The van der Waals surface area contributed by atoms with Crippen molar-refractivity contribution in [1.29, 1.82) is 0 Å². The molecule has 2 aliphatic rings. The number of hydrogen-bond acceptors (Lipinski definition) is 2. The van der Waals surface area contributed by atoms with Crippen molar-refractivity contribution in [1.82, 2.24) is 5.32 Å². The van der Waals surface area contributed by atoms with Crippen molar-refractivity contribution in [2.24, 2.45) is 0 Å². The minimum atomic E-state index is -0.259. The number of carbonyl (C=O) groups excluding carboxylic acids is 1. The van der Waals surface area contributed by atoms with Gasteiger partial charge >= 0.3 is 0 Å². The zero-order valence-electron chi connectivity index (χ0n) is 17.6. The molecule has 2 fully saturated rings. The fourth-order valence-electron chi connectivity index (χ4n) is 4.81. The van der Waals surface area contributed by atoms with Crippen molar-refractivity contribution in [3.63, 3.8) is 0 Å². The van der Waals surface area contributed by atoms with Crippen LogP contribution < -0.4 is 10.1 Å². The molecule has 0 aliphatic heterocycles. The van der Waals surface area contributed by atoms with Crippen LogP contribution in [0.25, 0.3) is 10.8 Å². The quantitative estimate of drug-likeness (QED) is 0.548. The first-order valence-electron chi connectivity index (χ1n) is 11.2. The summed E-state index contributed by atoms with van der Waals surface area (Å²) in [6.07, 6.45) is 8.22. The van der Waals surface area contributed by atoms with Crippen LogP contribution in [0.3, 0.4) is 0 Å². The number of hydrogen-bond donors (Lipinski definition) is 1. The van der Waals surface area contributed by atoms with Crippen LogP contribution >= 0.6 is 0 Å². The molecular weight excluding hydrogens is 370 g/mol. The summed E-state index contributed by atoms with van der Waals surface area (Å²) in [5, 5.41) is 5.81. The predicted octanol–water partition coefficient (Wildman–Crippen LogP) is 6.28. The first-order valence-corrected chi connectivity index (χ1v) is 11.2. The summed E-state index contributed by atoms with van der Waals surface area (Å²) in [5.74, 6) is 0.805. The molecule has 2 saturated carbocycles. The van der Waals surface area contributed by atoms with Crippen LogP contribution in [0.5, 0.6) is 5.75 Å². The molecule has 1 N–H and O–H groups in total. The normalized spacial score (nSPS) is 18.2. The van der Waals surface area contributed by atoms with E-state index in [-0.39, 0.29) is 17.6 Å². The lowest BCUT2D eigenvalue weighted by Crippen LogP contribution is -2.35. The second-order valence-electron chi connectivity index (χ2n) is 8.92. The standard InChI is InChI=1S/C27H29NO2/c1-19-14-15-22(30-21-10-3-2-4-11-21)18-24(19)26(29)28-27(16-17-27)25-13-7-9-20-8-5-6-12-23(20)25/h5-9,12-15,18,21H,2-4,10-11,16-17H2,1H3,(H,28,29). The Morgan fingerprint density at radius 3 is 2.53 bits per heavy atom. The maximum atomic E-state index is 13.3. The number of rotatable bonds is 5. The molecular formula is C27H29NO2. The van der Waals surface area contributed by atoms with E-state index in [2.05, 4.69) is 47.8 Å². The molecule has 0 spiro atoms. The molecule has 0 atom stereocenters. The number of fused-ring (bicyclic) bond motifs is 1. The summed E-state index contributed by atoms with van der Waals surface area (Å²) in [5.41, 5.74) is 2.66. The molecule has 0 bridgehead atoms. The molecule has 0 unspecified atom stereocenters. The molecule has 3 aromatic carbocycles. The smallest absolute Gasteiger partial charge is 0.252 e. The third-order valence-corrected chi connectivity index (χ3v) is 6.72. The van der Waals surface area contributed by atoms with Crippen LogP contribution in [0.1, 0.15) is 66.4 Å². The average Bonchev–Trinajstić information content (AvgIpc) is 3.55. The van der Waals surface area contributed by atoms with Gasteiger partial charge in [-0.25, -0.2) is 0 Å². The second-order valence-corrected chi connectivity index (χ2v) is 8.92. The van der Waals surface area contributed by atoms with Gasteiger partial charge in [0.1, 0.15) is 5.75 Å². The SMILES string of the molecule is Cc1ccc(OC2CCCCC2)cc1C(=O)NC1(c2cccc3ccccc23)CC1. The lowest BCUT2D eigenvalue weighted by Gasteiger charge is -2.24. The van der Waals surface area contributed by atoms with Crippen molar-refractivity contribution < 1.29 is 9.53 Å². The second kappa shape index (κ2) is 7.79. The van der Waals surface area contributed by atoms with Gasteiger partial charge in [0.05, 0.1) is 11.6 Å². The average molecular weight is 400 g/mol.